The van der Waals surface area contributed by atoms with Crippen molar-refractivity contribution in [2.24, 2.45) is 13.0 Å². The number of nitrogens with one attached hydrogen (secondary N) is 1. The number of carbonyl (C=O) groups excluding carboxylic acids is 1. The van der Waals surface area contributed by atoms with E-state index in [1.54, 1.807) is 4.68 Å². The van der Waals surface area contributed by atoms with Crippen molar-refractivity contribution >= 4 is 5.91 Å². The summed E-state index contributed by atoms with van der Waals surface area (Å²) in [5.41, 5.74) is 1.90. The lowest BCUT2D eigenvalue weighted by Crippen LogP contribution is -2.29. The van der Waals surface area contributed by atoms with Gasteiger partial charge in [0.2, 0.25) is 5.91 Å². The van der Waals surface area contributed by atoms with Crippen molar-refractivity contribution in [1.29, 1.82) is 0 Å². The van der Waals surface area contributed by atoms with Gasteiger partial charge in [-0.1, -0.05) is 13.8 Å². The highest BCUT2D eigenvalue weighted by atomic mass is 16.1. The van der Waals surface area contributed by atoms with E-state index in [0.717, 1.165) is 17.9 Å². The summed E-state index contributed by atoms with van der Waals surface area (Å²) < 4.78 is 1.75. The van der Waals surface area contributed by atoms with Crippen LogP contribution < -0.4 is 5.32 Å². The third kappa shape index (κ3) is 3.73. The molecule has 1 aromatic heterocycles. The highest BCUT2D eigenvalue weighted by Crippen LogP contribution is 2.02. The van der Waals surface area contributed by atoms with Gasteiger partial charge in [-0.3, -0.25) is 9.48 Å². The molecule has 0 aliphatic rings. The lowest BCUT2D eigenvalue weighted by Gasteiger charge is -2.07. The molecule has 0 aromatic carbocycles. The molecule has 1 aromatic rings. The zero-order valence-corrected chi connectivity index (χ0v) is 9.87. The van der Waals surface area contributed by atoms with Gasteiger partial charge in [0.15, 0.2) is 0 Å². The molecule has 0 aliphatic heterocycles. The summed E-state index contributed by atoms with van der Waals surface area (Å²) in [6, 6.07) is 1.94. The fourth-order valence-electron chi connectivity index (χ4n) is 1.37. The fourth-order valence-corrected chi connectivity index (χ4v) is 1.37. The van der Waals surface area contributed by atoms with E-state index < -0.39 is 0 Å². The van der Waals surface area contributed by atoms with E-state index in [2.05, 4.69) is 24.3 Å². The molecule has 1 rings (SSSR count). The lowest BCUT2D eigenvalue weighted by molar-refractivity contribution is -0.120. The maximum absolute atomic E-state index is 11.5. The Morgan fingerprint density at radius 3 is 2.73 bits per heavy atom. The van der Waals surface area contributed by atoms with E-state index in [-0.39, 0.29) is 5.91 Å². The molecule has 84 valence electrons. The summed E-state index contributed by atoms with van der Waals surface area (Å²) in [5, 5.41) is 7.08. The predicted octanol–water partition coefficient (Wildman–Crippen LogP) is 1.04. The minimum absolute atomic E-state index is 0.0618. The van der Waals surface area contributed by atoms with E-state index in [4.69, 9.17) is 0 Å². The molecule has 0 radical (unpaired) electrons. The molecule has 0 atom stereocenters. The molecular weight excluding hydrogens is 190 g/mol. The van der Waals surface area contributed by atoms with E-state index in [1.165, 1.54) is 0 Å². The van der Waals surface area contributed by atoms with Crippen molar-refractivity contribution in [3.05, 3.63) is 17.5 Å². The highest BCUT2D eigenvalue weighted by molar-refractivity contribution is 5.78. The molecule has 1 heterocycles. The zero-order valence-electron chi connectivity index (χ0n) is 9.87. The molecule has 0 fully saturated rings. The largest absolute Gasteiger partial charge is 0.356 e. The Balaban J connectivity index is 2.48. The van der Waals surface area contributed by atoms with Crippen molar-refractivity contribution in [2.75, 3.05) is 6.54 Å². The monoisotopic (exact) mass is 209 g/mol. The third-order valence-corrected chi connectivity index (χ3v) is 2.15. The van der Waals surface area contributed by atoms with Gasteiger partial charge < -0.3 is 5.32 Å². The Hall–Kier alpha value is -1.32. The molecule has 15 heavy (non-hydrogen) atoms. The average molecular weight is 209 g/mol. The van der Waals surface area contributed by atoms with Crippen LogP contribution in [0.1, 0.15) is 25.2 Å². The fraction of sp³-hybridized carbons (Fsp3) is 0.636. The van der Waals surface area contributed by atoms with E-state index in [9.17, 15) is 4.79 Å². The first-order valence-electron chi connectivity index (χ1n) is 5.25. The Labute approximate surface area is 90.7 Å². The number of nitrogens with zero attached hydrogens (tertiary/aromatic N) is 2. The first-order valence-corrected chi connectivity index (χ1v) is 5.25. The van der Waals surface area contributed by atoms with Crippen molar-refractivity contribution in [2.45, 2.75) is 27.2 Å². The summed E-state index contributed by atoms with van der Waals surface area (Å²) in [5.74, 6) is 0.550. The first-order chi connectivity index (χ1) is 6.99. The Bertz CT molecular complexity index is 342. The van der Waals surface area contributed by atoms with Gasteiger partial charge in [-0.15, -0.1) is 0 Å². The molecule has 0 saturated heterocycles. The molecular formula is C11H19N3O. The van der Waals surface area contributed by atoms with Crippen LogP contribution >= 0.6 is 0 Å². The molecule has 4 nitrogen and oxygen atoms in total. The molecule has 0 aliphatic carbocycles. The minimum Gasteiger partial charge on any atom is -0.356 e. The van der Waals surface area contributed by atoms with Crippen LogP contribution in [0.25, 0.3) is 0 Å². The Kier molecular flexibility index (Phi) is 3.88. The molecule has 0 unspecified atom stereocenters. The number of hydrogen-bond acceptors (Lipinski definition) is 2. The van der Waals surface area contributed by atoms with Gasteiger partial charge in [0.25, 0.3) is 0 Å². The van der Waals surface area contributed by atoms with Crippen LogP contribution in [0.15, 0.2) is 6.07 Å². The topological polar surface area (TPSA) is 46.9 Å². The third-order valence-electron chi connectivity index (χ3n) is 2.15. The van der Waals surface area contributed by atoms with Crippen molar-refractivity contribution in [3.63, 3.8) is 0 Å². The van der Waals surface area contributed by atoms with Crippen LogP contribution in [-0.2, 0) is 18.3 Å². The van der Waals surface area contributed by atoms with Gasteiger partial charge in [-0.05, 0) is 18.9 Å². The number of amides is 1. The van der Waals surface area contributed by atoms with Crippen LogP contribution in [0.3, 0.4) is 0 Å². The minimum atomic E-state index is 0.0618. The Morgan fingerprint density at radius 1 is 1.60 bits per heavy atom. The predicted molar refractivity (Wildman–Crippen MR) is 59.5 cm³/mol. The molecule has 0 bridgehead atoms. The summed E-state index contributed by atoms with van der Waals surface area (Å²) in [4.78, 5) is 11.5. The number of rotatable bonds is 4. The summed E-state index contributed by atoms with van der Waals surface area (Å²) in [7, 11) is 1.86. The van der Waals surface area contributed by atoms with Crippen LogP contribution in [0.4, 0.5) is 0 Å². The van der Waals surface area contributed by atoms with Crippen LogP contribution in [0, 0.1) is 12.8 Å². The first kappa shape index (κ1) is 11.8. The van der Waals surface area contributed by atoms with E-state index >= 15 is 0 Å². The van der Waals surface area contributed by atoms with Gasteiger partial charge in [-0.25, -0.2) is 0 Å². The van der Waals surface area contributed by atoms with Crippen LogP contribution in [0.5, 0.6) is 0 Å². The van der Waals surface area contributed by atoms with Gasteiger partial charge in [0, 0.05) is 19.3 Å². The van der Waals surface area contributed by atoms with Crippen LogP contribution in [-0.4, -0.2) is 22.2 Å². The standard InChI is InChI=1S/C11H19N3O/c1-8(2)7-12-11(15)6-10-5-9(3)13-14(10)4/h5,8H,6-7H2,1-4H3,(H,12,15). The van der Waals surface area contributed by atoms with Gasteiger partial charge >= 0.3 is 0 Å². The molecule has 4 heteroatoms. The second kappa shape index (κ2) is 4.96. The number of aromatic nitrogens is 2. The maximum atomic E-state index is 11.5. The number of aryl methyl sites for hydroxylation is 2. The van der Waals surface area contributed by atoms with Crippen molar-refractivity contribution in [3.8, 4) is 0 Å². The zero-order chi connectivity index (χ0) is 11.4. The smallest absolute Gasteiger partial charge is 0.226 e. The van der Waals surface area contributed by atoms with Gasteiger partial charge in [0.1, 0.15) is 0 Å². The molecule has 0 spiro atoms. The Morgan fingerprint density at radius 2 is 2.27 bits per heavy atom. The quantitative estimate of drug-likeness (QED) is 0.805. The lowest BCUT2D eigenvalue weighted by atomic mass is 10.2. The average Bonchev–Trinajstić information content (AvgIpc) is 2.42. The summed E-state index contributed by atoms with van der Waals surface area (Å²) in [6.45, 7) is 6.81. The van der Waals surface area contributed by atoms with Crippen LogP contribution in [0.2, 0.25) is 0 Å². The second-order valence-corrected chi connectivity index (χ2v) is 4.28. The second-order valence-electron chi connectivity index (χ2n) is 4.28. The van der Waals surface area contributed by atoms with E-state index in [1.807, 2.05) is 20.0 Å². The molecule has 1 amide bonds. The maximum Gasteiger partial charge on any atom is 0.226 e. The normalized spacial score (nSPS) is 10.7. The molecule has 0 saturated carbocycles. The highest BCUT2D eigenvalue weighted by Gasteiger charge is 2.08. The van der Waals surface area contributed by atoms with E-state index in [0.29, 0.717) is 12.3 Å². The SMILES string of the molecule is Cc1cc(CC(=O)NCC(C)C)n(C)n1. The van der Waals surface area contributed by atoms with Crippen molar-refractivity contribution < 1.29 is 4.79 Å². The van der Waals surface area contributed by atoms with Gasteiger partial charge in [-0.2, -0.15) is 5.10 Å². The number of carbonyl (C=O) groups is 1. The van der Waals surface area contributed by atoms with Gasteiger partial charge in [0.05, 0.1) is 12.1 Å². The molecule has 1 N–H and O–H groups in total. The van der Waals surface area contributed by atoms with Crippen molar-refractivity contribution in [1.82, 2.24) is 15.1 Å². The summed E-state index contributed by atoms with van der Waals surface area (Å²) >= 11 is 0. The number of hydrogen-bond donors (Lipinski definition) is 1. The summed E-state index contributed by atoms with van der Waals surface area (Å²) in [6.07, 6.45) is 0.407.